The Morgan fingerprint density at radius 2 is 2.09 bits per heavy atom. The number of thiazole rings is 1. The normalized spacial score (nSPS) is 12.0. The second-order valence-corrected chi connectivity index (χ2v) is 5.77. The Morgan fingerprint density at radius 3 is 2.73 bits per heavy atom. The predicted molar refractivity (Wildman–Crippen MR) is 80.5 cm³/mol. The summed E-state index contributed by atoms with van der Waals surface area (Å²) in [5.74, 6) is -1.87. The van der Waals surface area contributed by atoms with Crippen molar-refractivity contribution in [3.05, 3.63) is 51.7 Å². The molecule has 1 amide bonds. The van der Waals surface area contributed by atoms with E-state index in [1.54, 1.807) is 23.6 Å². The van der Waals surface area contributed by atoms with Crippen LogP contribution < -0.4 is 0 Å². The summed E-state index contributed by atoms with van der Waals surface area (Å²) in [6.07, 6.45) is 0.294. The van der Waals surface area contributed by atoms with Gasteiger partial charge in [0.25, 0.3) is 5.91 Å². The molecule has 22 heavy (non-hydrogen) atoms. The van der Waals surface area contributed by atoms with E-state index in [9.17, 15) is 14.0 Å². The quantitative estimate of drug-likeness (QED) is 0.918. The maximum absolute atomic E-state index is 13.6. The average molecular weight is 322 g/mol. The lowest BCUT2D eigenvalue weighted by Gasteiger charge is -2.20. The zero-order valence-corrected chi connectivity index (χ0v) is 12.9. The Labute approximate surface area is 131 Å². The molecule has 0 radical (unpaired) electrons. The molecule has 0 spiro atoms. The lowest BCUT2D eigenvalue weighted by atomic mass is 10.1. The van der Waals surface area contributed by atoms with Crippen LogP contribution in [0.1, 0.15) is 28.0 Å². The zero-order chi connectivity index (χ0) is 16.3. The number of benzene rings is 1. The van der Waals surface area contributed by atoms with Crippen molar-refractivity contribution in [3.63, 3.8) is 0 Å². The number of halogens is 1. The number of nitrogens with zero attached hydrogens (tertiary/aromatic N) is 2. The SMILES string of the molecule is CC(C(=O)O)N(C)C(=O)c1csc(Cc2ccccc2F)n1. The minimum atomic E-state index is -1.09. The summed E-state index contributed by atoms with van der Waals surface area (Å²) in [7, 11) is 1.41. The van der Waals surface area contributed by atoms with Crippen molar-refractivity contribution in [1.29, 1.82) is 0 Å². The summed E-state index contributed by atoms with van der Waals surface area (Å²) < 4.78 is 13.6. The zero-order valence-electron chi connectivity index (χ0n) is 12.1. The predicted octanol–water partition coefficient (Wildman–Crippen LogP) is 2.42. The second kappa shape index (κ2) is 6.65. The fourth-order valence-corrected chi connectivity index (χ4v) is 2.61. The van der Waals surface area contributed by atoms with Crippen LogP contribution in [0.4, 0.5) is 4.39 Å². The first-order chi connectivity index (χ1) is 10.4. The third kappa shape index (κ3) is 3.48. The first kappa shape index (κ1) is 16.1. The van der Waals surface area contributed by atoms with Crippen LogP contribution in [0.25, 0.3) is 0 Å². The number of amides is 1. The van der Waals surface area contributed by atoms with Gasteiger partial charge in [-0.05, 0) is 18.6 Å². The van der Waals surface area contributed by atoms with Crippen LogP contribution in [-0.4, -0.2) is 40.0 Å². The lowest BCUT2D eigenvalue weighted by Crippen LogP contribution is -2.40. The smallest absolute Gasteiger partial charge is 0.326 e. The molecule has 7 heteroatoms. The first-order valence-corrected chi connectivity index (χ1v) is 7.46. The van der Waals surface area contributed by atoms with Crippen molar-refractivity contribution in [2.75, 3.05) is 7.05 Å². The van der Waals surface area contributed by atoms with Gasteiger partial charge in [-0.2, -0.15) is 0 Å². The van der Waals surface area contributed by atoms with Crippen molar-refractivity contribution < 1.29 is 19.1 Å². The van der Waals surface area contributed by atoms with Crippen LogP contribution in [0.5, 0.6) is 0 Å². The van der Waals surface area contributed by atoms with Gasteiger partial charge < -0.3 is 10.0 Å². The molecule has 0 bridgehead atoms. The Kier molecular flexibility index (Phi) is 4.87. The summed E-state index contributed by atoms with van der Waals surface area (Å²) >= 11 is 1.25. The molecule has 2 rings (SSSR count). The molecule has 0 saturated carbocycles. The minimum Gasteiger partial charge on any atom is -0.480 e. The van der Waals surface area contributed by atoms with E-state index in [1.165, 1.54) is 31.4 Å². The number of carboxylic acid groups (broad SMARTS) is 1. The van der Waals surface area contributed by atoms with Crippen molar-refractivity contribution in [3.8, 4) is 0 Å². The van der Waals surface area contributed by atoms with Crippen LogP contribution in [-0.2, 0) is 11.2 Å². The summed E-state index contributed by atoms with van der Waals surface area (Å²) in [5.41, 5.74) is 0.676. The van der Waals surface area contributed by atoms with E-state index in [-0.39, 0.29) is 11.5 Å². The topological polar surface area (TPSA) is 70.5 Å². The molecule has 116 valence electrons. The van der Waals surface area contributed by atoms with Crippen molar-refractivity contribution >= 4 is 23.2 Å². The maximum atomic E-state index is 13.6. The first-order valence-electron chi connectivity index (χ1n) is 6.58. The second-order valence-electron chi connectivity index (χ2n) is 4.82. The summed E-state index contributed by atoms with van der Waals surface area (Å²) in [6.45, 7) is 1.42. The Morgan fingerprint density at radius 1 is 1.41 bits per heavy atom. The highest BCUT2D eigenvalue weighted by atomic mass is 32.1. The number of carbonyl (C=O) groups excluding carboxylic acids is 1. The van der Waals surface area contributed by atoms with Gasteiger partial charge in [0.05, 0.1) is 5.01 Å². The van der Waals surface area contributed by atoms with Gasteiger partial charge in [-0.25, -0.2) is 14.2 Å². The molecule has 1 aromatic carbocycles. The highest BCUT2D eigenvalue weighted by molar-refractivity contribution is 7.09. The monoisotopic (exact) mass is 322 g/mol. The fourth-order valence-electron chi connectivity index (χ4n) is 1.82. The average Bonchev–Trinajstić information content (AvgIpc) is 2.95. The van der Waals surface area contributed by atoms with Gasteiger partial charge in [0, 0.05) is 18.8 Å². The summed E-state index contributed by atoms with van der Waals surface area (Å²) in [5, 5.41) is 11.1. The van der Waals surface area contributed by atoms with Gasteiger partial charge in [0.2, 0.25) is 0 Å². The van der Waals surface area contributed by atoms with Crippen LogP contribution in [0.3, 0.4) is 0 Å². The van der Waals surface area contributed by atoms with Gasteiger partial charge in [-0.1, -0.05) is 18.2 Å². The summed E-state index contributed by atoms with van der Waals surface area (Å²) in [4.78, 5) is 28.4. The van der Waals surface area contributed by atoms with E-state index in [0.717, 1.165) is 4.90 Å². The molecular weight excluding hydrogens is 307 g/mol. The van der Waals surface area contributed by atoms with Crippen molar-refractivity contribution in [2.45, 2.75) is 19.4 Å². The van der Waals surface area contributed by atoms with E-state index in [2.05, 4.69) is 4.98 Å². The number of hydrogen-bond acceptors (Lipinski definition) is 4. The lowest BCUT2D eigenvalue weighted by molar-refractivity contribution is -0.141. The third-order valence-electron chi connectivity index (χ3n) is 3.33. The number of aromatic nitrogens is 1. The van der Waals surface area contributed by atoms with E-state index >= 15 is 0 Å². The number of aliphatic carboxylic acids is 1. The van der Waals surface area contributed by atoms with Crippen LogP contribution in [0, 0.1) is 5.82 Å². The molecule has 0 saturated heterocycles. The molecule has 2 aromatic rings. The highest BCUT2D eigenvalue weighted by Gasteiger charge is 2.24. The van der Waals surface area contributed by atoms with E-state index in [0.29, 0.717) is 17.0 Å². The van der Waals surface area contributed by atoms with E-state index in [1.807, 2.05) is 0 Å². The van der Waals surface area contributed by atoms with Crippen molar-refractivity contribution in [2.24, 2.45) is 0 Å². The fraction of sp³-hybridized carbons (Fsp3) is 0.267. The number of carbonyl (C=O) groups is 2. The minimum absolute atomic E-state index is 0.173. The molecule has 1 atom stereocenters. The third-order valence-corrected chi connectivity index (χ3v) is 4.18. The molecule has 0 fully saturated rings. The maximum Gasteiger partial charge on any atom is 0.326 e. The number of hydrogen-bond donors (Lipinski definition) is 1. The van der Waals surface area contributed by atoms with E-state index < -0.39 is 17.9 Å². The van der Waals surface area contributed by atoms with Crippen molar-refractivity contribution in [1.82, 2.24) is 9.88 Å². The van der Waals surface area contributed by atoms with Gasteiger partial charge in [-0.15, -0.1) is 11.3 Å². The Hall–Kier alpha value is -2.28. The molecule has 5 nitrogen and oxygen atoms in total. The standard InChI is InChI=1S/C15H15FN2O3S/c1-9(15(20)21)18(2)14(19)12-8-22-13(17-12)7-10-5-3-4-6-11(10)16/h3-6,8-9H,7H2,1-2H3,(H,20,21). The summed E-state index contributed by atoms with van der Waals surface area (Å²) in [6, 6.07) is 5.44. The molecule has 1 aromatic heterocycles. The highest BCUT2D eigenvalue weighted by Crippen LogP contribution is 2.18. The molecule has 1 unspecified atom stereocenters. The number of rotatable bonds is 5. The number of likely N-dealkylation sites (N-methyl/N-ethyl adjacent to an activating group) is 1. The molecular formula is C15H15FN2O3S. The van der Waals surface area contributed by atoms with Gasteiger partial charge in [-0.3, -0.25) is 4.79 Å². The number of carboxylic acids is 1. The molecule has 0 aliphatic heterocycles. The molecule has 0 aliphatic rings. The Bertz CT molecular complexity index is 702. The Balaban J connectivity index is 2.13. The van der Waals surface area contributed by atoms with Gasteiger partial charge in [0.1, 0.15) is 17.6 Å². The van der Waals surface area contributed by atoms with Crippen LogP contribution in [0.2, 0.25) is 0 Å². The van der Waals surface area contributed by atoms with Gasteiger partial charge >= 0.3 is 5.97 Å². The largest absolute Gasteiger partial charge is 0.480 e. The van der Waals surface area contributed by atoms with E-state index in [4.69, 9.17) is 5.11 Å². The van der Waals surface area contributed by atoms with Gasteiger partial charge in [0.15, 0.2) is 0 Å². The molecule has 1 N–H and O–H groups in total. The van der Waals surface area contributed by atoms with Crippen LogP contribution in [0.15, 0.2) is 29.6 Å². The van der Waals surface area contributed by atoms with Crippen LogP contribution >= 0.6 is 11.3 Å². The molecule has 1 heterocycles. The molecule has 0 aliphatic carbocycles.